The molecular formula is C58H60BN3Si. The maximum atomic E-state index is 2.69. The molecule has 1 aliphatic carbocycles. The quantitative estimate of drug-likeness (QED) is 0.164. The lowest BCUT2D eigenvalue weighted by Gasteiger charge is -2.47. The van der Waals surface area contributed by atoms with E-state index in [4.69, 9.17) is 0 Å². The van der Waals surface area contributed by atoms with Crippen LogP contribution in [-0.4, -0.2) is 14.8 Å². The number of fused-ring (bicyclic) bond motifs is 6. The molecule has 4 aliphatic rings. The molecule has 5 heteroatoms. The molecular weight excluding hydrogens is 778 g/mol. The smallest absolute Gasteiger partial charge is 0.252 e. The van der Waals surface area contributed by atoms with Gasteiger partial charge in [0.2, 0.25) is 0 Å². The zero-order chi connectivity index (χ0) is 43.4. The van der Waals surface area contributed by atoms with Crippen molar-refractivity contribution in [3.8, 4) is 0 Å². The van der Waals surface area contributed by atoms with Gasteiger partial charge in [-0.15, -0.1) is 0 Å². The van der Waals surface area contributed by atoms with Gasteiger partial charge in [-0.05, 0) is 134 Å². The van der Waals surface area contributed by atoms with Crippen LogP contribution >= 0.6 is 0 Å². The molecule has 3 aliphatic heterocycles. The Morgan fingerprint density at radius 2 is 1.03 bits per heavy atom. The van der Waals surface area contributed by atoms with Crippen molar-refractivity contribution in [1.29, 1.82) is 0 Å². The van der Waals surface area contributed by atoms with Crippen LogP contribution in [0.3, 0.4) is 0 Å². The lowest BCUT2D eigenvalue weighted by atomic mass is 9.33. The van der Waals surface area contributed by atoms with Gasteiger partial charge in [0.05, 0.1) is 11.4 Å². The van der Waals surface area contributed by atoms with Gasteiger partial charge in [-0.25, -0.2) is 0 Å². The van der Waals surface area contributed by atoms with Crippen LogP contribution in [-0.2, 0) is 10.8 Å². The van der Waals surface area contributed by atoms with Crippen LogP contribution in [0.25, 0.3) is 0 Å². The summed E-state index contributed by atoms with van der Waals surface area (Å²) in [5.74, 6) is 0.649. The fraction of sp³-hybridized carbons (Fsp3) is 0.276. The number of hydrogen-bond acceptors (Lipinski definition) is 3. The van der Waals surface area contributed by atoms with E-state index in [2.05, 4.69) is 221 Å². The van der Waals surface area contributed by atoms with Gasteiger partial charge in [-0.1, -0.05) is 165 Å². The predicted octanol–water partition coefficient (Wildman–Crippen LogP) is 13.0. The highest BCUT2D eigenvalue weighted by molar-refractivity contribution is 7.03. The van der Waals surface area contributed by atoms with Crippen molar-refractivity contribution in [2.75, 3.05) is 14.7 Å². The molecule has 1 fully saturated rings. The topological polar surface area (TPSA) is 9.72 Å². The summed E-state index contributed by atoms with van der Waals surface area (Å²) in [5, 5.41) is 3.06. The maximum Gasteiger partial charge on any atom is 0.252 e. The Bertz CT molecular complexity index is 2900. The summed E-state index contributed by atoms with van der Waals surface area (Å²) in [5.41, 5.74) is 19.5. The molecule has 0 radical (unpaired) electrons. The van der Waals surface area contributed by atoms with Crippen molar-refractivity contribution in [2.24, 2.45) is 0 Å². The molecule has 0 unspecified atom stereocenters. The van der Waals surface area contributed by atoms with Crippen LogP contribution in [0.4, 0.5) is 51.2 Å². The Hall–Kier alpha value is -5.78. The molecule has 0 atom stereocenters. The average molecular weight is 838 g/mol. The first-order chi connectivity index (χ1) is 30.3. The number of hydrogen-bond donors (Lipinski definition) is 0. The largest absolute Gasteiger partial charge is 0.311 e. The summed E-state index contributed by atoms with van der Waals surface area (Å²) in [7, 11) is -2.12. The van der Waals surface area contributed by atoms with Gasteiger partial charge in [0.1, 0.15) is 8.07 Å². The molecule has 3 nitrogen and oxygen atoms in total. The van der Waals surface area contributed by atoms with Gasteiger partial charge in [0.25, 0.3) is 6.71 Å². The van der Waals surface area contributed by atoms with E-state index < -0.39 is 8.07 Å². The highest BCUT2D eigenvalue weighted by Crippen LogP contribution is 2.51. The fourth-order valence-electron chi connectivity index (χ4n) is 11.5. The Morgan fingerprint density at radius 1 is 0.460 bits per heavy atom. The number of benzene rings is 7. The minimum absolute atomic E-state index is 0.00322. The monoisotopic (exact) mass is 837 g/mol. The first kappa shape index (κ1) is 40.0. The van der Waals surface area contributed by atoms with Crippen molar-refractivity contribution < 1.29 is 0 Å². The van der Waals surface area contributed by atoms with Crippen LogP contribution in [0.5, 0.6) is 0 Å². The van der Waals surface area contributed by atoms with Gasteiger partial charge in [0, 0.05) is 39.8 Å². The van der Waals surface area contributed by atoms with Crippen molar-refractivity contribution >= 4 is 92.7 Å². The van der Waals surface area contributed by atoms with Gasteiger partial charge in [-0.2, -0.15) is 0 Å². The van der Waals surface area contributed by atoms with E-state index in [9.17, 15) is 0 Å². The highest BCUT2D eigenvalue weighted by Gasteiger charge is 2.47. The first-order valence-corrected chi connectivity index (χ1v) is 26.5. The van der Waals surface area contributed by atoms with Crippen molar-refractivity contribution in [3.63, 3.8) is 0 Å². The zero-order valence-electron chi connectivity index (χ0n) is 38.5. The third-order valence-corrected chi connectivity index (χ3v) is 18.4. The van der Waals surface area contributed by atoms with Crippen LogP contribution in [0.2, 0.25) is 13.1 Å². The molecule has 63 heavy (non-hydrogen) atoms. The second-order valence-corrected chi connectivity index (χ2v) is 25.6. The molecule has 0 saturated heterocycles. The second kappa shape index (κ2) is 14.6. The SMILES string of the molecule is CC(C)(C)c1ccc2c(c1)B1c3cc(C(C)(C)C)cc(N4c5ccccc5[Si](C)(C)c5cc(C6CCCCC6)ccc54)c3N(c3ccccc3)c3cccc(c31)N2c1ccccc1. The van der Waals surface area contributed by atoms with Crippen molar-refractivity contribution in [3.05, 3.63) is 168 Å². The Kier molecular flexibility index (Phi) is 9.30. The van der Waals surface area contributed by atoms with Crippen LogP contribution < -0.4 is 41.5 Å². The van der Waals surface area contributed by atoms with Crippen LogP contribution in [0.1, 0.15) is 96.3 Å². The Labute approximate surface area is 377 Å². The van der Waals surface area contributed by atoms with Gasteiger partial charge >= 0.3 is 0 Å². The lowest BCUT2D eigenvalue weighted by Crippen LogP contribution is -2.62. The maximum absolute atomic E-state index is 2.69. The molecule has 3 heterocycles. The number of para-hydroxylation sites is 3. The van der Waals surface area contributed by atoms with E-state index in [1.54, 1.807) is 10.8 Å². The summed E-state index contributed by atoms with van der Waals surface area (Å²) in [6, 6.07) is 58.7. The van der Waals surface area contributed by atoms with Crippen LogP contribution in [0.15, 0.2) is 152 Å². The lowest BCUT2D eigenvalue weighted by molar-refractivity contribution is 0.444. The van der Waals surface area contributed by atoms with Crippen molar-refractivity contribution in [1.82, 2.24) is 0 Å². The molecule has 11 rings (SSSR count). The standard InChI is InChI=1S/C58H60BN3Si/c1-57(2,3)41-32-34-47-45(36-41)59-46-37-42(58(4,5)6)38-52(62-48-27-18-19-30-53(48)63(7,8)54-35-40(31-33-49(54)62)39-21-12-9-13-22-39)56(46)61(44-25-16-11-17-26-44)51-29-20-28-50(55(51)59)60(47)43-23-14-10-15-24-43/h10-11,14-20,23-39H,9,12-13,21-22H2,1-8H3. The summed E-state index contributed by atoms with van der Waals surface area (Å²) in [4.78, 5) is 7.83. The number of anilines is 9. The van der Waals surface area contributed by atoms with Gasteiger partial charge in [0.15, 0.2) is 0 Å². The summed E-state index contributed by atoms with van der Waals surface area (Å²) in [6.07, 6.45) is 6.65. The molecule has 0 N–H and O–H groups in total. The molecule has 0 bridgehead atoms. The second-order valence-electron chi connectivity index (χ2n) is 21.3. The third-order valence-electron chi connectivity index (χ3n) is 14.9. The minimum Gasteiger partial charge on any atom is -0.311 e. The molecule has 7 aromatic rings. The molecule has 7 aromatic carbocycles. The summed E-state index contributed by atoms with van der Waals surface area (Å²) >= 11 is 0. The molecule has 1 saturated carbocycles. The molecule has 0 aromatic heterocycles. The summed E-state index contributed by atoms with van der Waals surface area (Å²) < 4.78 is 0. The van der Waals surface area contributed by atoms with Crippen LogP contribution in [0, 0.1) is 0 Å². The molecule has 0 spiro atoms. The highest BCUT2D eigenvalue weighted by atomic mass is 28.3. The first-order valence-electron chi connectivity index (χ1n) is 23.5. The zero-order valence-corrected chi connectivity index (χ0v) is 39.5. The Balaban J connectivity index is 1.26. The number of rotatable bonds is 4. The van der Waals surface area contributed by atoms with E-state index in [0.29, 0.717) is 5.92 Å². The normalized spacial score (nSPS) is 16.5. The van der Waals surface area contributed by atoms with E-state index >= 15 is 0 Å². The van der Waals surface area contributed by atoms with Gasteiger partial charge in [-0.3, -0.25) is 0 Å². The Morgan fingerprint density at radius 3 is 1.71 bits per heavy atom. The predicted molar refractivity (Wildman–Crippen MR) is 275 cm³/mol. The van der Waals surface area contributed by atoms with E-state index in [1.807, 2.05) is 0 Å². The molecule has 314 valence electrons. The fourth-order valence-corrected chi connectivity index (χ4v) is 14.5. The molecule has 0 amide bonds. The van der Waals surface area contributed by atoms with Gasteiger partial charge < -0.3 is 14.7 Å². The number of nitrogens with zero attached hydrogens (tertiary/aromatic N) is 3. The average Bonchev–Trinajstić information content (AvgIpc) is 3.29. The van der Waals surface area contributed by atoms with E-state index in [0.717, 1.165) is 0 Å². The van der Waals surface area contributed by atoms with Crippen molar-refractivity contribution in [2.45, 2.75) is 103 Å². The minimum atomic E-state index is -2.12. The van der Waals surface area contributed by atoms with E-state index in [1.165, 1.54) is 116 Å². The third kappa shape index (κ3) is 6.36. The van der Waals surface area contributed by atoms with E-state index in [-0.39, 0.29) is 17.5 Å². The summed E-state index contributed by atoms with van der Waals surface area (Å²) in [6.45, 7) is 19.4.